The largest absolute Gasteiger partial charge is 0.465 e. The zero-order valence-electron chi connectivity index (χ0n) is 18.1. The summed E-state index contributed by atoms with van der Waals surface area (Å²) in [5.41, 5.74) is 1.37. The van der Waals surface area contributed by atoms with Gasteiger partial charge < -0.3 is 9.47 Å². The molecule has 0 spiro atoms. The molecule has 0 aliphatic carbocycles. The molecule has 0 amide bonds. The van der Waals surface area contributed by atoms with Gasteiger partial charge in [-0.1, -0.05) is 42.0 Å². The normalized spacial score (nSPS) is 16.5. The number of nitrogens with zero attached hydrogens (tertiary/aromatic N) is 1. The van der Waals surface area contributed by atoms with Crippen LogP contribution in [0.2, 0.25) is 0 Å². The Morgan fingerprint density at radius 2 is 1.56 bits per heavy atom. The van der Waals surface area contributed by atoms with E-state index in [9.17, 15) is 22.8 Å². The van der Waals surface area contributed by atoms with E-state index in [1.165, 1.54) is 12.1 Å². The van der Waals surface area contributed by atoms with Crippen molar-refractivity contribution in [3.05, 3.63) is 65.2 Å². The molecule has 1 aliphatic rings. The van der Waals surface area contributed by atoms with Crippen molar-refractivity contribution in [3.8, 4) is 0 Å². The molecule has 1 aliphatic heterocycles. The zero-order valence-corrected chi connectivity index (χ0v) is 18.9. The fraction of sp³-hybridized carbons (Fsp3) is 0.348. The van der Waals surface area contributed by atoms with E-state index in [0.29, 0.717) is 0 Å². The number of ketones is 1. The van der Waals surface area contributed by atoms with Gasteiger partial charge in [-0.05, 0) is 38.5 Å². The van der Waals surface area contributed by atoms with E-state index in [1.807, 2.05) is 6.92 Å². The van der Waals surface area contributed by atoms with Crippen molar-refractivity contribution >= 4 is 27.7 Å². The molecule has 0 radical (unpaired) electrons. The van der Waals surface area contributed by atoms with Gasteiger partial charge in [0, 0.05) is 5.56 Å². The third-order valence-corrected chi connectivity index (χ3v) is 7.06. The first-order valence-corrected chi connectivity index (χ1v) is 11.7. The van der Waals surface area contributed by atoms with Crippen LogP contribution in [-0.4, -0.2) is 50.2 Å². The second-order valence-electron chi connectivity index (χ2n) is 7.30. The highest BCUT2D eigenvalue weighted by Gasteiger charge is 2.49. The molecule has 2 aromatic rings. The number of fused-ring (bicyclic) bond motifs is 1. The average Bonchev–Trinajstić information content (AvgIpc) is 2.76. The maximum absolute atomic E-state index is 13.6. The van der Waals surface area contributed by atoms with Crippen LogP contribution in [-0.2, 0) is 29.1 Å². The quantitative estimate of drug-likeness (QED) is 0.463. The summed E-state index contributed by atoms with van der Waals surface area (Å²) in [5, 5.41) is 0. The maximum Gasteiger partial charge on any atom is 0.322 e. The van der Waals surface area contributed by atoms with Gasteiger partial charge in [-0.3, -0.25) is 14.4 Å². The molecule has 170 valence electrons. The minimum absolute atomic E-state index is 0.00719. The van der Waals surface area contributed by atoms with Crippen molar-refractivity contribution in [2.24, 2.45) is 5.92 Å². The standard InChI is InChI=1S/C23H25NO7S/c1-4-30-22(26)20(23(27)31-5-2)21-18-9-7-6-8-17(18)19(25)14-24(21)32(28,29)16-12-10-15(3)11-13-16/h6-13,20-21H,4-5,14H2,1-3H3. The number of benzene rings is 2. The minimum Gasteiger partial charge on any atom is -0.465 e. The second-order valence-corrected chi connectivity index (χ2v) is 9.19. The van der Waals surface area contributed by atoms with Crippen molar-refractivity contribution in [2.75, 3.05) is 19.8 Å². The summed E-state index contributed by atoms with van der Waals surface area (Å²) in [6.07, 6.45) is 0. The Kier molecular flexibility index (Phi) is 7.10. The smallest absolute Gasteiger partial charge is 0.322 e. The van der Waals surface area contributed by atoms with Gasteiger partial charge in [0.1, 0.15) is 0 Å². The van der Waals surface area contributed by atoms with Crippen molar-refractivity contribution < 1.29 is 32.3 Å². The first-order chi connectivity index (χ1) is 15.2. The third kappa shape index (κ3) is 4.44. The van der Waals surface area contributed by atoms with Crippen molar-refractivity contribution in [1.82, 2.24) is 4.31 Å². The Hall–Kier alpha value is -3.04. The number of carbonyl (C=O) groups excluding carboxylic acids is 3. The van der Waals surface area contributed by atoms with Crippen LogP contribution in [0, 0.1) is 12.8 Å². The van der Waals surface area contributed by atoms with E-state index in [4.69, 9.17) is 9.47 Å². The van der Waals surface area contributed by atoms with Gasteiger partial charge in [0.2, 0.25) is 10.0 Å². The predicted octanol–water partition coefficient (Wildman–Crippen LogP) is 2.67. The van der Waals surface area contributed by atoms with Crippen LogP contribution >= 0.6 is 0 Å². The molecular formula is C23H25NO7S. The lowest BCUT2D eigenvalue weighted by Gasteiger charge is -2.38. The number of Topliss-reactive ketones (excluding diaryl/α,β-unsaturated/α-hetero) is 1. The lowest BCUT2D eigenvalue weighted by Crippen LogP contribution is -2.49. The summed E-state index contributed by atoms with van der Waals surface area (Å²) < 4.78 is 38.3. The number of hydrogen-bond acceptors (Lipinski definition) is 7. The molecule has 0 saturated heterocycles. The number of aryl methyl sites for hydroxylation is 1. The highest BCUT2D eigenvalue weighted by atomic mass is 32.2. The third-order valence-electron chi connectivity index (χ3n) is 5.21. The topological polar surface area (TPSA) is 107 Å². The molecule has 32 heavy (non-hydrogen) atoms. The Labute approximate surface area is 187 Å². The van der Waals surface area contributed by atoms with E-state index < -0.39 is 46.2 Å². The Morgan fingerprint density at radius 3 is 2.12 bits per heavy atom. The van der Waals surface area contributed by atoms with E-state index >= 15 is 0 Å². The van der Waals surface area contributed by atoms with Gasteiger partial charge in [0.15, 0.2) is 11.7 Å². The lowest BCUT2D eigenvalue weighted by atomic mass is 9.85. The SMILES string of the molecule is CCOC(=O)C(C(=O)OCC)C1c2ccccc2C(=O)CN1S(=O)(=O)c1ccc(C)cc1. The number of esters is 2. The van der Waals surface area contributed by atoms with Gasteiger partial charge in [0.25, 0.3) is 0 Å². The van der Waals surface area contributed by atoms with Crippen molar-refractivity contribution in [1.29, 1.82) is 0 Å². The zero-order chi connectivity index (χ0) is 23.5. The van der Waals surface area contributed by atoms with Crippen LogP contribution in [0.5, 0.6) is 0 Å². The monoisotopic (exact) mass is 459 g/mol. The molecule has 0 bridgehead atoms. The number of carbonyl (C=O) groups is 3. The first kappa shape index (κ1) is 23.6. The number of rotatable bonds is 7. The summed E-state index contributed by atoms with van der Waals surface area (Å²) in [6, 6.07) is 11.2. The fourth-order valence-corrected chi connectivity index (χ4v) is 5.31. The Balaban J connectivity index is 2.22. The highest BCUT2D eigenvalue weighted by Crippen LogP contribution is 2.40. The Morgan fingerprint density at radius 1 is 1.00 bits per heavy atom. The summed E-state index contributed by atoms with van der Waals surface area (Å²) in [6.45, 7) is 4.45. The summed E-state index contributed by atoms with van der Waals surface area (Å²) in [4.78, 5) is 38.5. The molecule has 0 N–H and O–H groups in total. The van der Waals surface area contributed by atoms with E-state index in [1.54, 1.807) is 50.2 Å². The summed E-state index contributed by atoms with van der Waals surface area (Å²) >= 11 is 0. The molecule has 9 heteroatoms. The maximum atomic E-state index is 13.6. The van der Waals surface area contributed by atoms with Crippen LogP contribution in [0.4, 0.5) is 0 Å². The van der Waals surface area contributed by atoms with Gasteiger partial charge in [-0.15, -0.1) is 0 Å². The van der Waals surface area contributed by atoms with Crippen LogP contribution in [0.25, 0.3) is 0 Å². The number of sulfonamides is 1. The van der Waals surface area contributed by atoms with Crippen molar-refractivity contribution in [3.63, 3.8) is 0 Å². The molecule has 1 unspecified atom stereocenters. The van der Waals surface area contributed by atoms with Gasteiger partial charge in [-0.2, -0.15) is 4.31 Å². The van der Waals surface area contributed by atoms with E-state index in [0.717, 1.165) is 9.87 Å². The second kappa shape index (κ2) is 9.62. The van der Waals surface area contributed by atoms with Crippen LogP contribution in [0.15, 0.2) is 53.4 Å². The average molecular weight is 460 g/mol. The molecular weight excluding hydrogens is 434 g/mol. The molecule has 0 saturated carbocycles. The highest BCUT2D eigenvalue weighted by molar-refractivity contribution is 7.89. The van der Waals surface area contributed by atoms with Crippen LogP contribution < -0.4 is 0 Å². The molecule has 8 nitrogen and oxygen atoms in total. The number of hydrogen-bond donors (Lipinski definition) is 0. The van der Waals surface area contributed by atoms with Gasteiger partial charge >= 0.3 is 11.9 Å². The molecule has 0 aromatic heterocycles. The molecule has 1 heterocycles. The first-order valence-electron chi connectivity index (χ1n) is 10.3. The molecule has 3 rings (SSSR count). The fourth-order valence-electron chi connectivity index (χ4n) is 3.73. The predicted molar refractivity (Wildman–Crippen MR) is 115 cm³/mol. The van der Waals surface area contributed by atoms with Crippen molar-refractivity contribution in [2.45, 2.75) is 31.7 Å². The molecule has 0 fully saturated rings. The number of ether oxygens (including phenoxy) is 2. The summed E-state index contributed by atoms with van der Waals surface area (Å²) in [5.74, 6) is -3.85. The Bertz CT molecular complexity index is 1110. The minimum atomic E-state index is -4.25. The summed E-state index contributed by atoms with van der Waals surface area (Å²) in [7, 11) is -4.25. The van der Waals surface area contributed by atoms with Gasteiger partial charge in [-0.25, -0.2) is 8.42 Å². The van der Waals surface area contributed by atoms with E-state index in [2.05, 4.69) is 0 Å². The van der Waals surface area contributed by atoms with E-state index in [-0.39, 0.29) is 29.2 Å². The van der Waals surface area contributed by atoms with Crippen LogP contribution in [0.3, 0.4) is 0 Å². The van der Waals surface area contributed by atoms with Gasteiger partial charge in [0.05, 0.1) is 30.7 Å². The lowest BCUT2D eigenvalue weighted by molar-refractivity contribution is -0.164. The molecule has 2 aromatic carbocycles. The van der Waals surface area contributed by atoms with Crippen LogP contribution in [0.1, 0.15) is 41.4 Å². The molecule has 1 atom stereocenters.